The molecule has 0 amide bonds. The Hall–Kier alpha value is -4.44. The van der Waals surface area contributed by atoms with Gasteiger partial charge in [-0.2, -0.15) is 0 Å². The van der Waals surface area contributed by atoms with Gasteiger partial charge in [0.25, 0.3) is 0 Å². The van der Waals surface area contributed by atoms with Crippen LogP contribution in [0.25, 0.3) is 0 Å². The summed E-state index contributed by atoms with van der Waals surface area (Å²) >= 11 is 0. The summed E-state index contributed by atoms with van der Waals surface area (Å²) in [6.07, 6.45) is 6.33. The van der Waals surface area contributed by atoms with Gasteiger partial charge in [-0.15, -0.1) is 0 Å². The predicted molar refractivity (Wildman–Crippen MR) is 259 cm³/mol. The van der Waals surface area contributed by atoms with E-state index >= 15 is 0 Å². The second kappa shape index (κ2) is 26.6. The lowest BCUT2D eigenvalue weighted by Crippen LogP contribution is -2.32. The monoisotopic (exact) mass is 809 g/mol. The molecule has 0 aliphatic rings. The molecule has 0 radical (unpaired) electrons. The van der Waals surface area contributed by atoms with E-state index in [2.05, 4.69) is 34.3 Å². The third-order valence-electron chi connectivity index (χ3n) is 8.21. The van der Waals surface area contributed by atoms with Gasteiger partial charge < -0.3 is 0 Å². The molecule has 59 heavy (non-hydrogen) atoms. The van der Waals surface area contributed by atoms with Crippen molar-refractivity contribution >= 4 is 23.6 Å². The van der Waals surface area contributed by atoms with Crippen LogP contribution in [0.15, 0.2) is 109 Å². The average Bonchev–Trinajstić information content (AvgIpc) is 3.20. The molecule has 0 heterocycles. The normalized spacial score (nSPS) is 11.8. The molecule has 0 fully saturated rings. The highest BCUT2D eigenvalue weighted by Crippen LogP contribution is 2.46. The number of hydrogen-bond donors (Lipinski definition) is 0. The Balaban J connectivity index is -0.00000215. The number of benzene rings is 3. The lowest BCUT2D eigenvalue weighted by Gasteiger charge is -2.38. The van der Waals surface area contributed by atoms with E-state index in [9.17, 15) is 19.2 Å². The SMILES string of the molecule is C=C/C(=C\C=C(/C)C(=O)C(C)(C)C)C(c1ccc(C=O)cc1)(c1ccc(C(=O)C(C)(C)C)cc1)c1ccc(C(=O)C(C)(C)C)cc1.CC.CC.CC.CC.CC(C)(C)C. The Kier molecular flexibility index (Phi) is 26.6. The van der Waals surface area contributed by atoms with Crippen molar-refractivity contribution in [3.8, 4) is 0 Å². The van der Waals surface area contributed by atoms with Gasteiger partial charge in [0, 0.05) is 32.9 Å². The molecular weight excluding hydrogens is 725 g/mol. The first kappa shape index (κ1) is 58.9. The average molecular weight is 809 g/mol. The van der Waals surface area contributed by atoms with Crippen molar-refractivity contribution in [3.63, 3.8) is 0 Å². The van der Waals surface area contributed by atoms with Gasteiger partial charge in [0.15, 0.2) is 17.3 Å². The zero-order valence-electron chi connectivity index (χ0n) is 41.6. The summed E-state index contributed by atoms with van der Waals surface area (Å²) in [5, 5.41) is 0. The maximum Gasteiger partial charge on any atom is 0.168 e. The van der Waals surface area contributed by atoms with E-state index in [1.54, 1.807) is 18.2 Å². The van der Waals surface area contributed by atoms with E-state index in [1.807, 2.05) is 197 Å². The van der Waals surface area contributed by atoms with E-state index < -0.39 is 21.7 Å². The van der Waals surface area contributed by atoms with Gasteiger partial charge in [0.2, 0.25) is 0 Å². The molecule has 3 aromatic carbocycles. The van der Waals surface area contributed by atoms with Gasteiger partial charge in [-0.1, -0.05) is 243 Å². The smallest absolute Gasteiger partial charge is 0.168 e. The molecule has 0 atom stereocenters. The van der Waals surface area contributed by atoms with Crippen LogP contribution in [0.5, 0.6) is 0 Å². The van der Waals surface area contributed by atoms with Crippen LogP contribution >= 0.6 is 0 Å². The molecule has 4 heteroatoms. The van der Waals surface area contributed by atoms with Crippen LogP contribution in [-0.4, -0.2) is 23.6 Å². The molecule has 0 N–H and O–H groups in total. The standard InChI is InChI=1S/C42H48O4.C5H12.4C2H6/c1-12-32(20-13-28(2)36(44)39(3,4)5)42(33-21-14-29(27-43)15-22-33,34-23-16-30(17-24-34)37(45)40(6,7)8)35-25-18-31(19-26-35)38(46)41(9,10)11;1-5(2,3)4;4*1-2/h12-27H,1H2,2-11H3;1-4H3;4*1-2H3/b28-13+,32-20+;;;;;. The van der Waals surface area contributed by atoms with Gasteiger partial charge in [0.05, 0.1) is 5.41 Å². The molecule has 0 unspecified atom stereocenters. The van der Waals surface area contributed by atoms with Crippen LogP contribution in [0, 0.1) is 21.7 Å². The molecule has 0 spiro atoms. The number of rotatable bonds is 10. The van der Waals surface area contributed by atoms with Crippen molar-refractivity contribution in [1.29, 1.82) is 0 Å². The number of Topliss-reactive ketones (excluding diaryl/α,β-unsaturated/α-hetero) is 3. The van der Waals surface area contributed by atoms with Crippen molar-refractivity contribution in [2.24, 2.45) is 21.7 Å². The van der Waals surface area contributed by atoms with E-state index in [0.717, 1.165) is 28.5 Å². The van der Waals surface area contributed by atoms with E-state index in [0.29, 0.717) is 27.7 Å². The first-order valence-corrected chi connectivity index (χ1v) is 21.7. The fraction of sp³-hybridized carbons (Fsp3) is 0.491. The van der Waals surface area contributed by atoms with E-state index in [1.165, 1.54) is 0 Å². The fourth-order valence-corrected chi connectivity index (χ4v) is 5.65. The highest BCUT2D eigenvalue weighted by Gasteiger charge is 2.40. The summed E-state index contributed by atoms with van der Waals surface area (Å²) in [4.78, 5) is 51.2. The molecule has 4 nitrogen and oxygen atoms in total. The Labute approximate surface area is 363 Å². The number of carbonyl (C=O) groups excluding carboxylic acids is 4. The van der Waals surface area contributed by atoms with E-state index in [-0.39, 0.29) is 17.3 Å². The molecule has 0 aromatic heterocycles. The Morgan fingerprint density at radius 3 is 1.00 bits per heavy atom. The lowest BCUT2D eigenvalue weighted by atomic mass is 9.64. The van der Waals surface area contributed by atoms with Crippen LogP contribution in [-0.2, 0) is 10.2 Å². The maximum absolute atomic E-state index is 13.2. The second-order valence-corrected chi connectivity index (χ2v) is 18.1. The summed E-state index contributed by atoms with van der Waals surface area (Å²) in [6.45, 7) is 47.8. The van der Waals surface area contributed by atoms with Crippen LogP contribution in [0.2, 0.25) is 0 Å². The zero-order chi connectivity index (χ0) is 47.2. The minimum atomic E-state index is -0.989. The number of aldehydes is 1. The Morgan fingerprint density at radius 2 is 0.763 bits per heavy atom. The quantitative estimate of drug-likeness (QED) is 0.0672. The summed E-state index contributed by atoms with van der Waals surface area (Å²) in [7, 11) is 0. The van der Waals surface area contributed by atoms with Crippen LogP contribution in [0.1, 0.15) is 200 Å². The zero-order valence-corrected chi connectivity index (χ0v) is 41.6. The molecule has 328 valence electrons. The van der Waals surface area contributed by atoms with Crippen molar-refractivity contribution in [3.05, 3.63) is 142 Å². The lowest BCUT2D eigenvalue weighted by molar-refractivity contribution is -0.122. The number of ketones is 3. The summed E-state index contributed by atoms with van der Waals surface area (Å²) in [6, 6.07) is 22.6. The maximum atomic E-state index is 13.2. The minimum absolute atomic E-state index is 0.0307. The highest BCUT2D eigenvalue weighted by molar-refractivity contribution is 6.01. The molecule has 0 aliphatic carbocycles. The van der Waals surface area contributed by atoms with Crippen LogP contribution in [0.4, 0.5) is 0 Å². The largest absolute Gasteiger partial charge is 0.298 e. The topological polar surface area (TPSA) is 68.3 Å². The Bertz CT molecular complexity index is 1690. The summed E-state index contributed by atoms with van der Waals surface area (Å²) in [5.41, 5.74) is 3.54. The molecule has 0 saturated heterocycles. The number of carbonyl (C=O) groups is 4. The molecule has 0 bridgehead atoms. The predicted octanol–water partition coefficient (Wildman–Crippen LogP) is 16.1. The second-order valence-electron chi connectivity index (χ2n) is 18.1. The first-order valence-electron chi connectivity index (χ1n) is 21.7. The van der Waals surface area contributed by atoms with Gasteiger partial charge in [-0.05, 0) is 40.2 Å². The minimum Gasteiger partial charge on any atom is -0.298 e. The van der Waals surface area contributed by atoms with Gasteiger partial charge in [0.1, 0.15) is 6.29 Å². The number of allylic oxidation sites excluding steroid dienone is 5. The molecule has 3 rings (SSSR count). The van der Waals surface area contributed by atoms with Gasteiger partial charge in [-0.25, -0.2) is 0 Å². The fourth-order valence-electron chi connectivity index (χ4n) is 5.65. The van der Waals surface area contributed by atoms with Crippen molar-refractivity contribution in [1.82, 2.24) is 0 Å². The van der Waals surface area contributed by atoms with Gasteiger partial charge >= 0.3 is 0 Å². The summed E-state index contributed by atoms with van der Waals surface area (Å²) < 4.78 is 0. The van der Waals surface area contributed by atoms with Crippen LogP contribution in [0.3, 0.4) is 0 Å². The molecule has 3 aromatic rings. The van der Waals surface area contributed by atoms with Crippen molar-refractivity contribution < 1.29 is 19.2 Å². The van der Waals surface area contributed by atoms with Crippen molar-refractivity contribution in [2.75, 3.05) is 0 Å². The Morgan fingerprint density at radius 1 is 0.475 bits per heavy atom. The van der Waals surface area contributed by atoms with Gasteiger partial charge in [-0.3, -0.25) is 19.2 Å². The summed E-state index contributed by atoms with van der Waals surface area (Å²) in [5.74, 6) is 0.0933. The number of hydrogen-bond acceptors (Lipinski definition) is 4. The molecule has 0 saturated carbocycles. The van der Waals surface area contributed by atoms with Crippen molar-refractivity contribution in [2.45, 2.75) is 158 Å². The van der Waals surface area contributed by atoms with Crippen LogP contribution < -0.4 is 0 Å². The molecule has 0 aliphatic heterocycles. The third kappa shape index (κ3) is 18.2. The first-order chi connectivity index (χ1) is 27.3. The van der Waals surface area contributed by atoms with E-state index in [4.69, 9.17) is 0 Å². The molecular formula is C55H84O4. The third-order valence-corrected chi connectivity index (χ3v) is 8.21. The highest BCUT2D eigenvalue weighted by atomic mass is 16.1.